The third-order valence-electron chi connectivity index (χ3n) is 6.33. The number of aryl methyl sites for hydroxylation is 2. The van der Waals surface area contributed by atoms with Crippen molar-refractivity contribution in [3.63, 3.8) is 0 Å². The maximum absolute atomic E-state index is 13.7. The highest BCUT2D eigenvalue weighted by atomic mass is 32.2. The Morgan fingerprint density at radius 3 is 2.37 bits per heavy atom. The zero-order valence-corrected chi connectivity index (χ0v) is 22.3. The van der Waals surface area contributed by atoms with Gasteiger partial charge < -0.3 is 14.5 Å². The quantitative estimate of drug-likeness (QED) is 0.259. The van der Waals surface area contributed by atoms with Gasteiger partial charge in [0.15, 0.2) is 10.9 Å². The molecule has 9 nitrogen and oxygen atoms in total. The topological polar surface area (TPSA) is 89.3 Å². The first-order valence-electron chi connectivity index (χ1n) is 12.3. The van der Waals surface area contributed by atoms with Gasteiger partial charge in [-0.3, -0.25) is 4.79 Å². The van der Waals surface area contributed by atoms with Gasteiger partial charge >= 0.3 is 0 Å². The molecule has 0 radical (unpaired) electrons. The molecule has 0 atom stereocenters. The van der Waals surface area contributed by atoms with Crippen molar-refractivity contribution in [2.75, 3.05) is 38.2 Å². The van der Waals surface area contributed by atoms with Crippen LogP contribution in [0.2, 0.25) is 0 Å². The number of aromatic nitrogens is 5. The summed E-state index contributed by atoms with van der Waals surface area (Å²) in [7, 11) is 1.66. The molecule has 1 saturated heterocycles. The number of para-hydroxylation sites is 2. The lowest BCUT2D eigenvalue weighted by molar-refractivity contribution is 0.0740. The Kier molecular flexibility index (Phi) is 7.54. The monoisotopic (exact) mass is 533 g/mol. The van der Waals surface area contributed by atoms with Crippen LogP contribution in [-0.2, 0) is 5.75 Å². The number of carbonyl (C=O) groups is 1. The molecule has 2 aromatic heterocycles. The highest BCUT2D eigenvalue weighted by molar-refractivity contribution is 7.98. The molecule has 11 heteroatoms. The number of ether oxygens (including phenoxy) is 1. The van der Waals surface area contributed by atoms with Gasteiger partial charge in [0.2, 0.25) is 0 Å². The fourth-order valence-electron chi connectivity index (χ4n) is 4.47. The second-order valence-corrected chi connectivity index (χ2v) is 9.89. The number of hydrogen-bond acceptors (Lipinski definition) is 8. The lowest BCUT2D eigenvalue weighted by Gasteiger charge is -2.36. The Morgan fingerprint density at radius 1 is 1.00 bits per heavy atom. The predicted octanol–water partition coefficient (Wildman–Crippen LogP) is 4.08. The molecule has 0 bridgehead atoms. The molecule has 1 fully saturated rings. The molecule has 1 aliphatic heterocycles. The van der Waals surface area contributed by atoms with Crippen LogP contribution < -0.4 is 9.64 Å². The van der Waals surface area contributed by atoms with Crippen molar-refractivity contribution in [1.29, 1.82) is 0 Å². The molecule has 38 heavy (non-hydrogen) atoms. The van der Waals surface area contributed by atoms with Crippen molar-refractivity contribution in [2.45, 2.75) is 24.8 Å². The molecule has 0 unspecified atom stereocenters. The standard InChI is InChI=1S/C27H28FN7O2S/c1-18-16-19(2)30-27(29-18)38-17-23-25(31-32-35(23)21-10-8-20(28)9-11-21)26(36)34-14-12-33(13-15-34)22-6-4-5-7-24(22)37-3/h4-11,16H,12-15,17H2,1-3H3. The maximum Gasteiger partial charge on any atom is 0.276 e. The van der Waals surface area contributed by atoms with Crippen molar-refractivity contribution in [3.05, 3.63) is 83.2 Å². The summed E-state index contributed by atoms with van der Waals surface area (Å²) >= 11 is 1.41. The van der Waals surface area contributed by atoms with Gasteiger partial charge in [-0.05, 0) is 56.3 Å². The number of thioether (sulfide) groups is 1. The first-order valence-corrected chi connectivity index (χ1v) is 13.2. The Balaban J connectivity index is 1.38. The average Bonchev–Trinajstić information content (AvgIpc) is 3.35. The smallest absolute Gasteiger partial charge is 0.276 e. The summed E-state index contributed by atoms with van der Waals surface area (Å²) in [5.74, 6) is 0.644. The van der Waals surface area contributed by atoms with Gasteiger partial charge in [-0.25, -0.2) is 19.0 Å². The number of methoxy groups -OCH3 is 1. The van der Waals surface area contributed by atoms with E-state index in [2.05, 4.69) is 25.2 Å². The summed E-state index contributed by atoms with van der Waals surface area (Å²) in [6.45, 7) is 6.24. The predicted molar refractivity (Wildman–Crippen MR) is 143 cm³/mol. The lowest BCUT2D eigenvalue weighted by atomic mass is 10.2. The summed E-state index contributed by atoms with van der Waals surface area (Å²) < 4.78 is 20.7. The number of piperazine rings is 1. The van der Waals surface area contributed by atoms with Crippen molar-refractivity contribution in [1.82, 2.24) is 29.9 Å². The third-order valence-corrected chi connectivity index (χ3v) is 7.19. The van der Waals surface area contributed by atoms with Gasteiger partial charge in [-0.15, -0.1) is 5.10 Å². The first-order chi connectivity index (χ1) is 18.4. The van der Waals surface area contributed by atoms with Crippen molar-refractivity contribution < 1.29 is 13.9 Å². The molecule has 5 rings (SSSR count). The molecule has 4 aromatic rings. The van der Waals surface area contributed by atoms with Crippen LogP contribution in [0.5, 0.6) is 5.75 Å². The Labute approximate surface area is 224 Å². The van der Waals surface area contributed by atoms with E-state index in [1.807, 2.05) is 44.2 Å². The number of rotatable bonds is 7. The number of benzene rings is 2. The van der Waals surface area contributed by atoms with E-state index < -0.39 is 0 Å². The van der Waals surface area contributed by atoms with Crippen LogP contribution in [-0.4, -0.2) is 69.1 Å². The van der Waals surface area contributed by atoms with Gasteiger partial charge in [0.05, 0.1) is 24.2 Å². The van der Waals surface area contributed by atoms with E-state index in [9.17, 15) is 9.18 Å². The van der Waals surface area contributed by atoms with E-state index in [4.69, 9.17) is 4.74 Å². The van der Waals surface area contributed by atoms with Crippen LogP contribution in [0, 0.1) is 19.7 Å². The third kappa shape index (κ3) is 5.47. The Bertz CT molecular complexity index is 1420. The molecular weight excluding hydrogens is 505 g/mol. The normalized spacial score (nSPS) is 13.6. The van der Waals surface area contributed by atoms with Gasteiger partial charge in [-0.1, -0.05) is 29.1 Å². The maximum atomic E-state index is 13.7. The van der Waals surface area contributed by atoms with E-state index in [1.54, 1.807) is 28.8 Å². The molecule has 2 aromatic carbocycles. The summed E-state index contributed by atoms with van der Waals surface area (Å²) in [5.41, 5.74) is 4.26. The second-order valence-electron chi connectivity index (χ2n) is 8.95. The van der Waals surface area contributed by atoms with Crippen LogP contribution in [0.25, 0.3) is 5.69 Å². The number of halogens is 1. The Morgan fingerprint density at radius 2 is 1.68 bits per heavy atom. The summed E-state index contributed by atoms with van der Waals surface area (Å²) in [6, 6.07) is 15.7. The van der Waals surface area contributed by atoms with E-state index >= 15 is 0 Å². The number of nitrogens with zero attached hydrogens (tertiary/aromatic N) is 7. The molecular formula is C27H28FN7O2S. The second kappa shape index (κ2) is 11.2. The largest absolute Gasteiger partial charge is 0.495 e. The molecule has 0 aliphatic carbocycles. The molecule has 3 heterocycles. The van der Waals surface area contributed by atoms with Gasteiger partial charge in [0, 0.05) is 43.3 Å². The minimum absolute atomic E-state index is 0.185. The van der Waals surface area contributed by atoms with Gasteiger partial charge in [0.1, 0.15) is 11.6 Å². The average molecular weight is 534 g/mol. The van der Waals surface area contributed by atoms with Gasteiger partial charge in [-0.2, -0.15) is 0 Å². The molecule has 1 aliphatic rings. The molecule has 0 saturated carbocycles. The minimum Gasteiger partial charge on any atom is -0.495 e. The number of amides is 1. The zero-order valence-electron chi connectivity index (χ0n) is 21.5. The SMILES string of the molecule is COc1ccccc1N1CCN(C(=O)c2nnn(-c3ccc(F)cc3)c2CSc2nc(C)cc(C)n2)CC1. The number of hydrogen-bond donors (Lipinski definition) is 0. The van der Waals surface area contributed by atoms with Crippen molar-refractivity contribution in [3.8, 4) is 11.4 Å². The molecule has 1 amide bonds. The van der Waals surface area contributed by atoms with E-state index in [0.717, 1.165) is 22.8 Å². The minimum atomic E-state index is -0.349. The molecule has 196 valence electrons. The highest BCUT2D eigenvalue weighted by Crippen LogP contribution is 2.29. The molecule has 0 N–H and O–H groups in total. The van der Waals surface area contributed by atoms with Crippen molar-refractivity contribution in [2.24, 2.45) is 0 Å². The van der Waals surface area contributed by atoms with Crippen LogP contribution in [0.15, 0.2) is 59.8 Å². The van der Waals surface area contributed by atoms with Crippen LogP contribution in [0.4, 0.5) is 10.1 Å². The molecule has 0 spiro atoms. The number of anilines is 1. The number of carbonyl (C=O) groups excluding carboxylic acids is 1. The summed E-state index contributed by atoms with van der Waals surface area (Å²) in [5, 5.41) is 9.17. The van der Waals surface area contributed by atoms with E-state index in [1.165, 1.54) is 23.9 Å². The zero-order chi connectivity index (χ0) is 26.6. The first kappa shape index (κ1) is 25.7. The van der Waals surface area contributed by atoms with Gasteiger partial charge in [0.25, 0.3) is 5.91 Å². The highest BCUT2D eigenvalue weighted by Gasteiger charge is 2.29. The van der Waals surface area contributed by atoms with Crippen LogP contribution >= 0.6 is 11.8 Å². The summed E-state index contributed by atoms with van der Waals surface area (Å²) in [6.07, 6.45) is 0. The van der Waals surface area contributed by atoms with E-state index in [0.29, 0.717) is 48.5 Å². The fourth-order valence-corrected chi connectivity index (χ4v) is 5.41. The Hall–Kier alpha value is -3.99. The van der Waals surface area contributed by atoms with E-state index in [-0.39, 0.29) is 17.4 Å². The van der Waals surface area contributed by atoms with Crippen LogP contribution in [0.3, 0.4) is 0 Å². The summed E-state index contributed by atoms with van der Waals surface area (Å²) in [4.78, 5) is 26.7. The van der Waals surface area contributed by atoms with Crippen LogP contribution in [0.1, 0.15) is 27.6 Å². The lowest BCUT2D eigenvalue weighted by Crippen LogP contribution is -2.49. The fraction of sp³-hybridized carbons (Fsp3) is 0.296. The van der Waals surface area contributed by atoms with Crippen molar-refractivity contribution >= 4 is 23.4 Å².